The van der Waals surface area contributed by atoms with Gasteiger partial charge in [-0.05, 0) is 43.4 Å². The summed E-state index contributed by atoms with van der Waals surface area (Å²) in [4.78, 5) is 2.50. The van der Waals surface area contributed by atoms with E-state index in [4.69, 9.17) is 0 Å². The van der Waals surface area contributed by atoms with E-state index in [2.05, 4.69) is 61.3 Å². The molecule has 0 radical (unpaired) electrons. The number of nitrogens with zero attached hydrogens (tertiary/aromatic N) is 1. The van der Waals surface area contributed by atoms with Gasteiger partial charge in [0.05, 0.1) is 0 Å². The smallest absolute Gasteiger partial charge is 0.0366 e. The third-order valence-corrected chi connectivity index (χ3v) is 4.48. The minimum absolute atomic E-state index is 0.709. The van der Waals surface area contributed by atoms with Crippen LogP contribution in [-0.4, -0.2) is 25.7 Å². The molecule has 0 saturated carbocycles. The Morgan fingerprint density at radius 2 is 1.74 bits per heavy atom. The van der Waals surface area contributed by atoms with E-state index in [1.54, 1.807) is 0 Å². The molecular formula is C17H28N2. The quantitative estimate of drug-likeness (QED) is 0.871. The maximum Gasteiger partial charge on any atom is 0.0366 e. The van der Waals surface area contributed by atoms with Crippen LogP contribution in [0, 0.1) is 11.8 Å². The maximum absolute atomic E-state index is 3.75. The van der Waals surface area contributed by atoms with Crippen molar-refractivity contribution < 1.29 is 0 Å². The number of para-hydroxylation sites is 1. The molecule has 0 aliphatic carbocycles. The van der Waals surface area contributed by atoms with Crippen LogP contribution in [0.1, 0.15) is 33.6 Å². The predicted molar refractivity (Wildman–Crippen MR) is 83.7 cm³/mol. The van der Waals surface area contributed by atoms with Gasteiger partial charge in [-0.3, -0.25) is 0 Å². The van der Waals surface area contributed by atoms with E-state index in [1.165, 1.54) is 31.6 Å². The Morgan fingerprint density at radius 1 is 1.11 bits per heavy atom. The Bertz CT molecular complexity index is 353. The summed E-state index contributed by atoms with van der Waals surface area (Å²) in [6, 6.07) is 11.5. The molecule has 1 saturated heterocycles. The molecule has 1 aliphatic rings. The number of nitrogens with one attached hydrogen (secondary N) is 1. The van der Waals surface area contributed by atoms with Crippen molar-refractivity contribution >= 4 is 5.69 Å². The van der Waals surface area contributed by atoms with Crippen LogP contribution in [-0.2, 0) is 0 Å². The molecule has 1 aromatic rings. The van der Waals surface area contributed by atoms with Crippen molar-refractivity contribution in [3.05, 3.63) is 30.3 Å². The zero-order valence-electron chi connectivity index (χ0n) is 12.6. The van der Waals surface area contributed by atoms with Crippen LogP contribution in [0.4, 0.5) is 5.69 Å². The summed E-state index contributed by atoms with van der Waals surface area (Å²) in [5.41, 5.74) is 1.37. The second-order valence-corrected chi connectivity index (χ2v) is 6.23. The number of benzene rings is 1. The van der Waals surface area contributed by atoms with Crippen molar-refractivity contribution in [2.45, 2.75) is 39.7 Å². The topological polar surface area (TPSA) is 15.3 Å². The standard InChI is InChI=1S/C17H28N2/c1-14(2)15(3)13-18-16-9-11-19(12-10-16)17-7-5-4-6-8-17/h4-8,14-16,18H,9-13H2,1-3H3. The van der Waals surface area contributed by atoms with Gasteiger partial charge < -0.3 is 10.2 Å². The van der Waals surface area contributed by atoms with Gasteiger partial charge in [0.25, 0.3) is 0 Å². The van der Waals surface area contributed by atoms with Crippen LogP contribution in [0.25, 0.3) is 0 Å². The molecule has 2 rings (SSSR count). The molecule has 1 aliphatic heterocycles. The minimum Gasteiger partial charge on any atom is -0.371 e. The second-order valence-electron chi connectivity index (χ2n) is 6.23. The van der Waals surface area contributed by atoms with Gasteiger partial charge in [-0.2, -0.15) is 0 Å². The first-order valence-corrected chi connectivity index (χ1v) is 7.70. The van der Waals surface area contributed by atoms with Gasteiger partial charge in [0, 0.05) is 24.8 Å². The summed E-state index contributed by atoms with van der Waals surface area (Å²) in [7, 11) is 0. The normalized spacial score (nSPS) is 18.8. The molecule has 2 heteroatoms. The molecule has 1 unspecified atom stereocenters. The SMILES string of the molecule is CC(C)C(C)CNC1CCN(c2ccccc2)CC1. The van der Waals surface area contributed by atoms with Crippen LogP contribution < -0.4 is 10.2 Å². The average molecular weight is 260 g/mol. The van der Waals surface area contributed by atoms with Crippen LogP contribution in [0.3, 0.4) is 0 Å². The van der Waals surface area contributed by atoms with Crippen molar-refractivity contribution in [2.75, 3.05) is 24.5 Å². The zero-order chi connectivity index (χ0) is 13.7. The molecule has 0 bridgehead atoms. The first kappa shape index (κ1) is 14.4. The fourth-order valence-electron chi connectivity index (χ4n) is 2.57. The van der Waals surface area contributed by atoms with Gasteiger partial charge in [-0.15, -0.1) is 0 Å². The van der Waals surface area contributed by atoms with Crippen LogP contribution in [0.2, 0.25) is 0 Å². The van der Waals surface area contributed by atoms with E-state index in [-0.39, 0.29) is 0 Å². The Kier molecular flexibility index (Phi) is 5.26. The molecule has 1 heterocycles. The first-order valence-electron chi connectivity index (χ1n) is 7.70. The molecule has 1 N–H and O–H groups in total. The molecule has 1 aromatic carbocycles. The monoisotopic (exact) mass is 260 g/mol. The van der Waals surface area contributed by atoms with E-state index >= 15 is 0 Å². The van der Waals surface area contributed by atoms with Crippen molar-refractivity contribution in [2.24, 2.45) is 11.8 Å². The highest BCUT2D eigenvalue weighted by Crippen LogP contribution is 2.19. The lowest BCUT2D eigenvalue weighted by Gasteiger charge is -2.34. The third kappa shape index (κ3) is 4.24. The van der Waals surface area contributed by atoms with E-state index in [9.17, 15) is 0 Å². The molecular weight excluding hydrogens is 232 g/mol. The van der Waals surface area contributed by atoms with Crippen molar-refractivity contribution in [3.8, 4) is 0 Å². The highest BCUT2D eigenvalue weighted by molar-refractivity contribution is 5.46. The molecule has 1 fully saturated rings. The fourth-order valence-corrected chi connectivity index (χ4v) is 2.57. The maximum atomic E-state index is 3.75. The fraction of sp³-hybridized carbons (Fsp3) is 0.647. The number of hydrogen-bond acceptors (Lipinski definition) is 2. The number of hydrogen-bond donors (Lipinski definition) is 1. The van der Waals surface area contributed by atoms with Gasteiger partial charge in [0.15, 0.2) is 0 Å². The highest BCUT2D eigenvalue weighted by Gasteiger charge is 2.19. The van der Waals surface area contributed by atoms with Crippen molar-refractivity contribution in [3.63, 3.8) is 0 Å². The summed E-state index contributed by atoms with van der Waals surface area (Å²) >= 11 is 0. The van der Waals surface area contributed by atoms with Gasteiger partial charge >= 0.3 is 0 Å². The Morgan fingerprint density at radius 3 is 2.32 bits per heavy atom. The van der Waals surface area contributed by atoms with Gasteiger partial charge in [0.2, 0.25) is 0 Å². The van der Waals surface area contributed by atoms with E-state index in [0.717, 1.165) is 18.4 Å². The van der Waals surface area contributed by atoms with Crippen molar-refractivity contribution in [1.29, 1.82) is 0 Å². The summed E-state index contributed by atoms with van der Waals surface area (Å²) < 4.78 is 0. The number of anilines is 1. The Balaban J connectivity index is 1.74. The summed E-state index contributed by atoms with van der Waals surface area (Å²) in [6.07, 6.45) is 2.53. The van der Waals surface area contributed by atoms with Crippen LogP contribution in [0.5, 0.6) is 0 Å². The third-order valence-electron chi connectivity index (χ3n) is 4.48. The van der Waals surface area contributed by atoms with E-state index < -0.39 is 0 Å². The molecule has 1 atom stereocenters. The lowest BCUT2D eigenvalue weighted by atomic mass is 9.97. The second kappa shape index (κ2) is 6.95. The molecule has 0 amide bonds. The molecule has 0 aromatic heterocycles. The molecule has 106 valence electrons. The van der Waals surface area contributed by atoms with Crippen molar-refractivity contribution in [1.82, 2.24) is 5.32 Å². The summed E-state index contributed by atoms with van der Waals surface area (Å²) in [6.45, 7) is 10.5. The molecule has 19 heavy (non-hydrogen) atoms. The molecule has 2 nitrogen and oxygen atoms in total. The number of rotatable bonds is 5. The lowest BCUT2D eigenvalue weighted by molar-refractivity contribution is 0.340. The minimum atomic E-state index is 0.709. The van der Waals surface area contributed by atoms with Gasteiger partial charge in [-0.25, -0.2) is 0 Å². The average Bonchev–Trinajstić information content (AvgIpc) is 2.46. The lowest BCUT2D eigenvalue weighted by Crippen LogP contribution is -2.44. The Labute approximate surface area is 118 Å². The number of piperidine rings is 1. The van der Waals surface area contributed by atoms with Crippen LogP contribution in [0.15, 0.2) is 30.3 Å². The predicted octanol–water partition coefficient (Wildman–Crippen LogP) is 3.54. The van der Waals surface area contributed by atoms with E-state index in [0.29, 0.717) is 6.04 Å². The van der Waals surface area contributed by atoms with Gasteiger partial charge in [0.1, 0.15) is 0 Å². The van der Waals surface area contributed by atoms with E-state index in [1.807, 2.05) is 0 Å². The molecule has 0 spiro atoms. The highest BCUT2D eigenvalue weighted by atomic mass is 15.1. The van der Waals surface area contributed by atoms with Crippen LogP contribution >= 0.6 is 0 Å². The van der Waals surface area contributed by atoms with Gasteiger partial charge in [-0.1, -0.05) is 39.0 Å². The summed E-state index contributed by atoms with van der Waals surface area (Å²) in [5, 5.41) is 3.75. The Hall–Kier alpha value is -1.02. The zero-order valence-corrected chi connectivity index (χ0v) is 12.6. The first-order chi connectivity index (χ1) is 9.16. The largest absolute Gasteiger partial charge is 0.371 e. The summed E-state index contributed by atoms with van der Waals surface area (Å²) in [5.74, 6) is 1.55.